The van der Waals surface area contributed by atoms with Crippen LogP contribution in [-0.4, -0.2) is 35.4 Å². The molecule has 0 aromatic carbocycles. The molecule has 1 aromatic heterocycles. The van der Waals surface area contributed by atoms with Crippen LogP contribution in [0.15, 0.2) is 12.3 Å². The van der Waals surface area contributed by atoms with Crippen molar-refractivity contribution < 1.29 is 9.72 Å². The second-order valence-corrected chi connectivity index (χ2v) is 5.01. The lowest BCUT2D eigenvalue weighted by Gasteiger charge is -2.22. The van der Waals surface area contributed by atoms with Gasteiger partial charge >= 0.3 is 0 Å². The molecule has 116 valence electrons. The van der Waals surface area contributed by atoms with E-state index in [9.17, 15) is 14.9 Å². The van der Waals surface area contributed by atoms with E-state index in [0.717, 1.165) is 32.1 Å². The molecule has 0 spiro atoms. The number of nitrogens with zero attached hydrogens (tertiary/aromatic N) is 2. The highest BCUT2D eigenvalue weighted by molar-refractivity contribution is 5.95. The van der Waals surface area contributed by atoms with E-state index >= 15 is 0 Å². The number of piperidine rings is 1. The average molecular weight is 315 g/mol. The molecule has 1 atom stereocenters. The highest BCUT2D eigenvalue weighted by Crippen LogP contribution is 2.15. The quantitative estimate of drug-likeness (QED) is 0.647. The van der Waals surface area contributed by atoms with E-state index in [4.69, 9.17) is 0 Å². The van der Waals surface area contributed by atoms with Crippen molar-refractivity contribution in [1.29, 1.82) is 0 Å². The summed E-state index contributed by atoms with van der Waals surface area (Å²) < 4.78 is 0. The molecule has 0 saturated carbocycles. The minimum atomic E-state index is -0.547. The van der Waals surface area contributed by atoms with E-state index < -0.39 is 4.92 Å². The molecular formula is C13H19ClN4O3. The maximum Gasteiger partial charge on any atom is 0.288 e. The molecule has 0 bridgehead atoms. The molecule has 21 heavy (non-hydrogen) atoms. The predicted molar refractivity (Wildman–Crippen MR) is 80.8 cm³/mol. The topological polar surface area (TPSA) is 97.2 Å². The number of hydrogen-bond acceptors (Lipinski definition) is 5. The van der Waals surface area contributed by atoms with E-state index in [1.54, 1.807) is 6.92 Å². The molecule has 1 aliphatic rings. The van der Waals surface area contributed by atoms with Gasteiger partial charge in [-0.3, -0.25) is 19.9 Å². The number of rotatable bonds is 4. The summed E-state index contributed by atoms with van der Waals surface area (Å²) in [6, 6.07) is 1.27. The molecule has 1 aliphatic heterocycles. The molecule has 0 aliphatic carbocycles. The fourth-order valence-electron chi connectivity index (χ4n) is 2.28. The SMILES string of the molecule is Cc1ncc([N+](=O)[O-])cc1C(=O)NCC1CCCNC1.Cl. The summed E-state index contributed by atoms with van der Waals surface area (Å²) in [5.74, 6) is 0.115. The molecule has 2 heterocycles. The lowest BCUT2D eigenvalue weighted by atomic mass is 9.99. The monoisotopic (exact) mass is 314 g/mol. The Morgan fingerprint density at radius 1 is 1.62 bits per heavy atom. The van der Waals surface area contributed by atoms with E-state index in [1.165, 1.54) is 6.07 Å². The van der Waals surface area contributed by atoms with E-state index in [-0.39, 0.29) is 29.6 Å². The van der Waals surface area contributed by atoms with Gasteiger partial charge in [-0.15, -0.1) is 12.4 Å². The average Bonchev–Trinajstić information content (AvgIpc) is 2.46. The number of nitrogens with one attached hydrogen (secondary N) is 2. The summed E-state index contributed by atoms with van der Waals surface area (Å²) in [7, 11) is 0. The molecule has 2 rings (SSSR count). The third kappa shape index (κ3) is 4.64. The largest absolute Gasteiger partial charge is 0.352 e. The molecule has 1 amide bonds. The Balaban J connectivity index is 0.00000220. The van der Waals surface area contributed by atoms with E-state index in [2.05, 4.69) is 15.6 Å². The number of pyridine rings is 1. The number of carbonyl (C=O) groups excluding carboxylic acids is 1. The Labute approximate surface area is 129 Å². The van der Waals surface area contributed by atoms with Crippen LogP contribution in [0.4, 0.5) is 5.69 Å². The van der Waals surface area contributed by atoms with Crippen molar-refractivity contribution in [2.24, 2.45) is 5.92 Å². The third-order valence-electron chi connectivity index (χ3n) is 3.48. The maximum absolute atomic E-state index is 12.1. The summed E-state index contributed by atoms with van der Waals surface area (Å²) >= 11 is 0. The smallest absolute Gasteiger partial charge is 0.288 e. The Morgan fingerprint density at radius 3 is 3.00 bits per heavy atom. The Morgan fingerprint density at radius 2 is 2.38 bits per heavy atom. The van der Waals surface area contributed by atoms with Gasteiger partial charge in [0.1, 0.15) is 6.20 Å². The van der Waals surface area contributed by atoms with Crippen LogP contribution < -0.4 is 10.6 Å². The number of aryl methyl sites for hydroxylation is 1. The zero-order chi connectivity index (χ0) is 14.5. The number of nitro groups is 1. The standard InChI is InChI=1S/C13H18N4O3.ClH/c1-9-12(5-11(8-15-9)17(19)20)13(18)16-7-10-3-2-4-14-6-10;/h5,8,10,14H,2-4,6-7H2,1H3,(H,16,18);1H. The lowest BCUT2D eigenvalue weighted by molar-refractivity contribution is -0.385. The van der Waals surface area contributed by atoms with Crippen molar-refractivity contribution in [3.05, 3.63) is 33.6 Å². The second-order valence-electron chi connectivity index (χ2n) is 5.01. The molecule has 1 aromatic rings. The number of aromatic nitrogens is 1. The number of hydrogen-bond donors (Lipinski definition) is 2. The zero-order valence-electron chi connectivity index (χ0n) is 11.8. The van der Waals surface area contributed by atoms with Gasteiger partial charge in [0.25, 0.3) is 11.6 Å². The van der Waals surface area contributed by atoms with Crippen LogP contribution >= 0.6 is 12.4 Å². The van der Waals surface area contributed by atoms with E-state index in [0.29, 0.717) is 18.2 Å². The van der Waals surface area contributed by atoms with Gasteiger partial charge in [-0.1, -0.05) is 0 Å². The number of carbonyl (C=O) groups is 1. The molecule has 1 saturated heterocycles. The number of amides is 1. The first-order valence-corrected chi connectivity index (χ1v) is 6.68. The number of halogens is 1. The minimum Gasteiger partial charge on any atom is -0.352 e. The fourth-order valence-corrected chi connectivity index (χ4v) is 2.28. The summed E-state index contributed by atoms with van der Waals surface area (Å²) in [6.07, 6.45) is 3.36. The molecule has 1 fully saturated rings. The summed E-state index contributed by atoms with van der Waals surface area (Å²) in [6.45, 7) is 4.17. The van der Waals surface area contributed by atoms with Crippen LogP contribution in [0, 0.1) is 23.0 Å². The highest BCUT2D eigenvalue weighted by Gasteiger charge is 2.18. The van der Waals surface area contributed by atoms with E-state index in [1.807, 2.05) is 0 Å². The van der Waals surface area contributed by atoms with Crippen LogP contribution in [0.5, 0.6) is 0 Å². The van der Waals surface area contributed by atoms with Gasteiger partial charge in [0.2, 0.25) is 0 Å². The highest BCUT2D eigenvalue weighted by atomic mass is 35.5. The van der Waals surface area contributed by atoms with Crippen LogP contribution in [0.2, 0.25) is 0 Å². The van der Waals surface area contributed by atoms with Gasteiger partial charge in [-0.2, -0.15) is 0 Å². The van der Waals surface area contributed by atoms with Crippen molar-refractivity contribution in [1.82, 2.24) is 15.6 Å². The van der Waals surface area contributed by atoms with Gasteiger partial charge in [0.05, 0.1) is 16.2 Å². The van der Waals surface area contributed by atoms with Crippen LogP contribution in [0.1, 0.15) is 28.9 Å². The Hall–Kier alpha value is -1.73. The Kier molecular flexibility index (Phi) is 6.51. The minimum absolute atomic E-state index is 0. The van der Waals surface area contributed by atoms with Gasteiger partial charge in [-0.25, -0.2) is 0 Å². The maximum atomic E-state index is 12.1. The van der Waals surface area contributed by atoms with Crippen LogP contribution in [0.25, 0.3) is 0 Å². The summed E-state index contributed by atoms with van der Waals surface area (Å²) in [5.41, 5.74) is 0.595. The summed E-state index contributed by atoms with van der Waals surface area (Å²) in [4.78, 5) is 26.2. The predicted octanol–water partition coefficient (Wildman–Crippen LogP) is 1.45. The van der Waals surface area contributed by atoms with Crippen molar-refractivity contribution in [2.45, 2.75) is 19.8 Å². The lowest BCUT2D eigenvalue weighted by Crippen LogP contribution is -2.38. The van der Waals surface area contributed by atoms with Crippen molar-refractivity contribution in [3.63, 3.8) is 0 Å². The van der Waals surface area contributed by atoms with Crippen molar-refractivity contribution in [2.75, 3.05) is 19.6 Å². The van der Waals surface area contributed by atoms with Crippen LogP contribution in [-0.2, 0) is 0 Å². The first-order valence-electron chi connectivity index (χ1n) is 6.68. The second kappa shape index (κ2) is 7.90. The zero-order valence-corrected chi connectivity index (χ0v) is 12.6. The molecule has 0 radical (unpaired) electrons. The molecule has 8 heteroatoms. The molecule has 2 N–H and O–H groups in total. The fraction of sp³-hybridized carbons (Fsp3) is 0.538. The molecular weight excluding hydrogens is 296 g/mol. The van der Waals surface area contributed by atoms with Gasteiger partial charge in [0, 0.05) is 12.6 Å². The third-order valence-corrected chi connectivity index (χ3v) is 3.48. The van der Waals surface area contributed by atoms with Crippen molar-refractivity contribution >= 4 is 24.0 Å². The van der Waals surface area contributed by atoms with Crippen molar-refractivity contribution in [3.8, 4) is 0 Å². The molecule has 7 nitrogen and oxygen atoms in total. The first kappa shape index (κ1) is 17.3. The molecule has 1 unspecified atom stereocenters. The van der Waals surface area contributed by atoms with Gasteiger partial charge < -0.3 is 10.6 Å². The normalized spacial score (nSPS) is 17.7. The first-order chi connectivity index (χ1) is 9.58. The Bertz CT molecular complexity index is 518. The van der Waals surface area contributed by atoms with Gasteiger partial charge in [-0.05, 0) is 38.8 Å². The van der Waals surface area contributed by atoms with Gasteiger partial charge in [0.15, 0.2) is 0 Å². The van der Waals surface area contributed by atoms with Crippen LogP contribution in [0.3, 0.4) is 0 Å². The summed E-state index contributed by atoms with van der Waals surface area (Å²) in [5, 5.41) is 16.8.